The second-order valence-corrected chi connectivity index (χ2v) is 8.51. The number of hydrogen-bond acceptors (Lipinski definition) is 6. The van der Waals surface area contributed by atoms with E-state index < -0.39 is 5.41 Å². The molecule has 0 aromatic heterocycles. The molecule has 5 rings (SSSR count). The van der Waals surface area contributed by atoms with Crippen LogP contribution in [0.15, 0.2) is 30.0 Å². The van der Waals surface area contributed by atoms with Crippen molar-refractivity contribution >= 4 is 17.6 Å². The average Bonchev–Trinajstić information content (AvgIpc) is 3.25. The molecule has 1 aromatic rings. The van der Waals surface area contributed by atoms with Crippen LogP contribution in [0.5, 0.6) is 5.75 Å². The second-order valence-electron chi connectivity index (χ2n) is 8.51. The Hall–Kier alpha value is -2.54. The number of anilines is 1. The zero-order valence-corrected chi connectivity index (χ0v) is 16.9. The Kier molecular flexibility index (Phi) is 4.13. The third-order valence-corrected chi connectivity index (χ3v) is 7.44. The summed E-state index contributed by atoms with van der Waals surface area (Å²) in [5.41, 5.74) is 1.85. The average molecular weight is 398 g/mol. The van der Waals surface area contributed by atoms with E-state index in [4.69, 9.17) is 14.2 Å². The van der Waals surface area contributed by atoms with Crippen molar-refractivity contribution in [2.45, 2.75) is 37.3 Å². The lowest BCUT2D eigenvalue weighted by Crippen LogP contribution is -2.56. The summed E-state index contributed by atoms with van der Waals surface area (Å²) >= 11 is 0. The van der Waals surface area contributed by atoms with E-state index in [0.717, 1.165) is 42.9 Å². The molecule has 7 heteroatoms. The summed E-state index contributed by atoms with van der Waals surface area (Å²) in [6.45, 7) is 3.71. The van der Waals surface area contributed by atoms with Crippen molar-refractivity contribution in [3.8, 4) is 5.75 Å². The molecule has 1 unspecified atom stereocenters. The van der Waals surface area contributed by atoms with Crippen LogP contribution in [-0.4, -0.2) is 56.2 Å². The molecular weight excluding hydrogens is 372 g/mol. The Bertz CT molecular complexity index is 912. The molecule has 2 saturated heterocycles. The Morgan fingerprint density at radius 3 is 2.93 bits per heavy atom. The molecule has 0 radical (unpaired) electrons. The van der Waals surface area contributed by atoms with Gasteiger partial charge in [-0.25, -0.2) is 4.79 Å². The largest absolute Gasteiger partial charge is 0.497 e. The maximum Gasteiger partial charge on any atom is 0.337 e. The van der Waals surface area contributed by atoms with Crippen molar-refractivity contribution in [2.24, 2.45) is 11.8 Å². The summed E-state index contributed by atoms with van der Waals surface area (Å²) in [6.07, 6.45) is 3.08. The predicted octanol–water partition coefficient (Wildman–Crippen LogP) is 2.07. The highest BCUT2D eigenvalue weighted by Crippen LogP contribution is 2.54. The summed E-state index contributed by atoms with van der Waals surface area (Å²) in [5.74, 6) is 0.682. The third kappa shape index (κ3) is 2.46. The van der Waals surface area contributed by atoms with Gasteiger partial charge >= 0.3 is 5.97 Å². The highest BCUT2D eigenvalue weighted by molar-refractivity contribution is 6.07. The minimum absolute atomic E-state index is 0.0184. The van der Waals surface area contributed by atoms with Gasteiger partial charge in [0.15, 0.2) is 0 Å². The van der Waals surface area contributed by atoms with E-state index in [0.29, 0.717) is 5.57 Å². The highest BCUT2D eigenvalue weighted by Gasteiger charge is 2.61. The van der Waals surface area contributed by atoms with Crippen LogP contribution in [0.2, 0.25) is 0 Å². The normalized spacial score (nSPS) is 35.1. The lowest BCUT2D eigenvalue weighted by atomic mass is 9.66. The van der Waals surface area contributed by atoms with Gasteiger partial charge in [0.1, 0.15) is 5.75 Å². The number of methoxy groups -OCH3 is 2. The quantitative estimate of drug-likeness (QED) is 0.769. The molecular formula is C22H26N2O5. The molecule has 1 spiro atoms. The van der Waals surface area contributed by atoms with E-state index in [1.807, 2.05) is 18.2 Å². The summed E-state index contributed by atoms with van der Waals surface area (Å²) < 4.78 is 16.2. The first-order valence-electron chi connectivity index (χ1n) is 10.2. The number of carbonyl (C=O) groups excluding carboxylic acids is 2. The van der Waals surface area contributed by atoms with Crippen molar-refractivity contribution in [1.82, 2.24) is 4.90 Å². The highest BCUT2D eigenvalue weighted by atomic mass is 16.5. The monoisotopic (exact) mass is 398 g/mol. The molecule has 1 amide bonds. The molecule has 5 atom stereocenters. The fraction of sp³-hybridized carbons (Fsp3) is 0.545. The number of rotatable bonds is 2. The molecule has 154 valence electrons. The van der Waals surface area contributed by atoms with E-state index in [1.54, 1.807) is 13.4 Å². The maximum absolute atomic E-state index is 13.3. The number of piperidine rings is 1. The number of nitrogens with zero attached hydrogens (tertiary/aromatic N) is 1. The van der Waals surface area contributed by atoms with Crippen LogP contribution < -0.4 is 10.1 Å². The van der Waals surface area contributed by atoms with Gasteiger partial charge in [0, 0.05) is 30.1 Å². The lowest BCUT2D eigenvalue weighted by molar-refractivity contribution is -0.139. The van der Waals surface area contributed by atoms with Gasteiger partial charge in [-0.15, -0.1) is 0 Å². The Morgan fingerprint density at radius 2 is 2.17 bits per heavy atom. The van der Waals surface area contributed by atoms with Crippen molar-refractivity contribution in [2.75, 3.05) is 32.6 Å². The SMILES string of the molecule is COC(=O)C1=CO[C@@H](C)[C@@H]2CN3CCC4(C(=O)Nc5ccc(OC)cc54)[C@@H]3C[C@H]12. The van der Waals surface area contributed by atoms with Crippen molar-refractivity contribution < 1.29 is 23.8 Å². The van der Waals surface area contributed by atoms with E-state index in [9.17, 15) is 9.59 Å². The van der Waals surface area contributed by atoms with Crippen molar-refractivity contribution in [3.63, 3.8) is 0 Å². The standard InChI is InChI=1S/C22H26N2O5/c1-12-15-10-24-7-6-22(17-8-13(27-2)4-5-18(17)23-21(22)26)19(24)9-14(15)16(11-29-12)20(25)28-3/h4-5,8,11-12,14-15,19H,6-7,9-10H2,1-3H3,(H,23,26)/t12-,14-,15-,19-,22?/m0/s1. The Balaban J connectivity index is 1.56. The number of fused-ring (bicyclic) bond motifs is 5. The smallest absolute Gasteiger partial charge is 0.337 e. The number of esters is 1. The van der Waals surface area contributed by atoms with Gasteiger partial charge in [0.05, 0.1) is 37.6 Å². The second kappa shape index (κ2) is 6.49. The molecule has 29 heavy (non-hydrogen) atoms. The first-order chi connectivity index (χ1) is 14.0. The Morgan fingerprint density at radius 1 is 1.34 bits per heavy atom. The van der Waals surface area contributed by atoms with Gasteiger partial charge in [-0.05, 0) is 50.1 Å². The molecule has 7 nitrogen and oxygen atoms in total. The minimum atomic E-state index is -0.613. The third-order valence-electron chi connectivity index (χ3n) is 7.44. The molecule has 1 N–H and O–H groups in total. The number of carbonyl (C=O) groups is 2. The molecule has 1 aromatic carbocycles. The van der Waals surface area contributed by atoms with E-state index in [2.05, 4.69) is 17.1 Å². The fourth-order valence-electron chi connectivity index (χ4n) is 5.92. The number of amides is 1. The van der Waals surface area contributed by atoms with E-state index in [1.165, 1.54) is 7.11 Å². The van der Waals surface area contributed by atoms with Crippen LogP contribution in [-0.2, 0) is 24.5 Å². The van der Waals surface area contributed by atoms with Crippen LogP contribution >= 0.6 is 0 Å². The molecule has 0 aliphatic carbocycles. The summed E-state index contributed by atoms with van der Waals surface area (Å²) in [5, 5.41) is 3.09. The number of hydrogen-bond donors (Lipinski definition) is 1. The van der Waals surface area contributed by atoms with E-state index >= 15 is 0 Å². The van der Waals surface area contributed by atoms with Gasteiger partial charge in [-0.2, -0.15) is 0 Å². The van der Waals surface area contributed by atoms with Crippen LogP contribution in [0.4, 0.5) is 5.69 Å². The van der Waals surface area contributed by atoms with Gasteiger partial charge in [0.25, 0.3) is 0 Å². The molecule has 0 bridgehead atoms. The summed E-state index contributed by atoms with van der Waals surface area (Å²) in [4.78, 5) is 28.1. The molecule has 2 fully saturated rings. The summed E-state index contributed by atoms with van der Waals surface area (Å²) in [7, 11) is 3.04. The van der Waals surface area contributed by atoms with E-state index in [-0.39, 0.29) is 35.9 Å². The predicted molar refractivity (Wildman–Crippen MR) is 106 cm³/mol. The number of benzene rings is 1. The molecule has 4 heterocycles. The molecule has 4 aliphatic heterocycles. The van der Waals surface area contributed by atoms with Crippen LogP contribution in [0.1, 0.15) is 25.3 Å². The first-order valence-corrected chi connectivity index (χ1v) is 10.2. The number of nitrogens with one attached hydrogen (secondary N) is 1. The lowest BCUT2D eigenvalue weighted by Gasteiger charge is -2.48. The topological polar surface area (TPSA) is 77.1 Å². The van der Waals surface area contributed by atoms with Crippen LogP contribution in [0.25, 0.3) is 0 Å². The van der Waals surface area contributed by atoms with Gasteiger partial charge < -0.3 is 19.5 Å². The molecule has 0 saturated carbocycles. The summed E-state index contributed by atoms with van der Waals surface area (Å²) in [6, 6.07) is 5.81. The van der Waals surface area contributed by atoms with Crippen LogP contribution in [0, 0.1) is 11.8 Å². The zero-order valence-electron chi connectivity index (χ0n) is 16.9. The van der Waals surface area contributed by atoms with Gasteiger partial charge in [-0.3, -0.25) is 9.69 Å². The van der Waals surface area contributed by atoms with Crippen LogP contribution in [0.3, 0.4) is 0 Å². The minimum Gasteiger partial charge on any atom is -0.497 e. The fourth-order valence-corrected chi connectivity index (χ4v) is 5.92. The number of ether oxygens (including phenoxy) is 3. The van der Waals surface area contributed by atoms with Crippen molar-refractivity contribution in [1.29, 1.82) is 0 Å². The van der Waals surface area contributed by atoms with Gasteiger partial charge in [-0.1, -0.05) is 0 Å². The zero-order chi connectivity index (χ0) is 20.3. The van der Waals surface area contributed by atoms with Gasteiger partial charge in [0.2, 0.25) is 5.91 Å². The van der Waals surface area contributed by atoms with Crippen molar-refractivity contribution in [3.05, 3.63) is 35.6 Å². The first kappa shape index (κ1) is 18.5. The maximum atomic E-state index is 13.3. The Labute approximate surface area is 170 Å². The molecule has 4 aliphatic rings.